The smallest absolute Gasteiger partial charge is 0.420 e. The van der Waals surface area contributed by atoms with Crippen LogP contribution in [0.3, 0.4) is 0 Å². The molecular formula is C16H21F3N2O2. The average Bonchev–Trinajstić information content (AvgIpc) is 2.47. The van der Waals surface area contributed by atoms with Crippen LogP contribution >= 0.6 is 0 Å². The zero-order valence-corrected chi connectivity index (χ0v) is 13.4. The second-order valence-corrected chi connectivity index (χ2v) is 5.04. The van der Waals surface area contributed by atoms with Crippen molar-refractivity contribution >= 4 is 11.6 Å². The highest BCUT2D eigenvalue weighted by Gasteiger charge is 2.38. The van der Waals surface area contributed by atoms with E-state index >= 15 is 0 Å². The van der Waals surface area contributed by atoms with E-state index in [0.717, 1.165) is 12.7 Å². The molecule has 4 nitrogen and oxygen atoms in total. The minimum atomic E-state index is -4.60. The number of amides is 1. The highest BCUT2D eigenvalue weighted by atomic mass is 19.4. The average molecular weight is 330 g/mol. The summed E-state index contributed by atoms with van der Waals surface area (Å²) in [6.45, 7) is 3.59. The Bertz CT molecular complexity index is 596. The van der Waals surface area contributed by atoms with Crippen molar-refractivity contribution in [3.8, 4) is 5.75 Å². The molecule has 1 rings (SSSR count). The number of carbonyl (C=O) groups excluding carboxylic acids is 1. The molecule has 3 N–H and O–H groups in total. The molecular weight excluding hydrogens is 309 g/mol. The summed E-state index contributed by atoms with van der Waals surface area (Å²) in [4.78, 5) is 11.5. The Hall–Kier alpha value is -2.02. The van der Waals surface area contributed by atoms with Crippen LogP contribution in [0, 0.1) is 0 Å². The summed E-state index contributed by atoms with van der Waals surface area (Å²) in [6.07, 6.45) is -2.68. The van der Waals surface area contributed by atoms with Crippen molar-refractivity contribution in [1.29, 1.82) is 0 Å². The molecule has 1 aromatic rings. The maximum Gasteiger partial charge on any atom is 0.420 e. The normalized spacial score (nSPS) is 12.2. The molecule has 0 aromatic heterocycles. The summed E-state index contributed by atoms with van der Waals surface area (Å²) < 4.78 is 45.4. The van der Waals surface area contributed by atoms with E-state index in [1.165, 1.54) is 12.1 Å². The quantitative estimate of drug-likeness (QED) is 0.785. The first-order valence-electron chi connectivity index (χ1n) is 7.17. The predicted molar refractivity (Wildman–Crippen MR) is 83.4 cm³/mol. The number of nitrogens with one attached hydrogen (secondary N) is 1. The van der Waals surface area contributed by atoms with Gasteiger partial charge in [-0.3, -0.25) is 4.79 Å². The molecule has 23 heavy (non-hydrogen) atoms. The van der Waals surface area contributed by atoms with E-state index in [4.69, 9.17) is 10.5 Å². The van der Waals surface area contributed by atoms with Crippen LogP contribution in [0.4, 0.5) is 18.9 Å². The zero-order chi connectivity index (χ0) is 17.6. The first-order chi connectivity index (χ1) is 10.7. The Morgan fingerprint density at radius 1 is 1.39 bits per heavy atom. The van der Waals surface area contributed by atoms with Crippen LogP contribution in [-0.4, -0.2) is 19.6 Å². The summed E-state index contributed by atoms with van der Waals surface area (Å²) in [5, 5.41) is 2.43. The van der Waals surface area contributed by atoms with Gasteiger partial charge in [0.15, 0.2) is 5.75 Å². The monoisotopic (exact) mass is 330 g/mol. The molecule has 0 aliphatic carbocycles. The molecule has 0 radical (unpaired) electrons. The van der Waals surface area contributed by atoms with E-state index in [9.17, 15) is 18.0 Å². The van der Waals surface area contributed by atoms with Gasteiger partial charge in [0, 0.05) is 13.0 Å². The van der Waals surface area contributed by atoms with Gasteiger partial charge in [0.2, 0.25) is 5.91 Å². The number of hydrogen-bond donors (Lipinski definition) is 2. The van der Waals surface area contributed by atoms with Gasteiger partial charge in [-0.2, -0.15) is 13.2 Å². The lowest BCUT2D eigenvalue weighted by molar-refractivity contribution is -0.139. The molecule has 0 spiro atoms. The lowest BCUT2D eigenvalue weighted by Gasteiger charge is -2.20. The second-order valence-electron chi connectivity index (χ2n) is 5.04. The molecule has 0 bridgehead atoms. The minimum Gasteiger partial charge on any atom is -0.494 e. The van der Waals surface area contributed by atoms with Crippen LogP contribution in [0.2, 0.25) is 0 Å². The van der Waals surface area contributed by atoms with Crippen molar-refractivity contribution in [1.82, 2.24) is 0 Å². The minimum absolute atomic E-state index is 0.0101. The molecule has 0 aliphatic heterocycles. The number of rotatable bonds is 6. The van der Waals surface area contributed by atoms with Crippen LogP contribution in [0.5, 0.6) is 5.75 Å². The lowest BCUT2D eigenvalue weighted by atomic mass is 9.98. The van der Waals surface area contributed by atoms with Gasteiger partial charge in [0.05, 0.1) is 12.8 Å². The fourth-order valence-electron chi connectivity index (χ4n) is 2.20. The van der Waals surface area contributed by atoms with Crippen molar-refractivity contribution in [2.45, 2.75) is 32.9 Å². The molecule has 0 fully saturated rings. The molecule has 0 heterocycles. The highest BCUT2D eigenvalue weighted by Crippen LogP contribution is 2.43. The highest BCUT2D eigenvalue weighted by molar-refractivity contribution is 5.92. The largest absolute Gasteiger partial charge is 0.494 e. The van der Waals surface area contributed by atoms with Gasteiger partial charge < -0.3 is 15.8 Å². The lowest BCUT2D eigenvalue weighted by Crippen LogP contribution is -2.16. The van der Waals surface area contributed by atoms with Gasteiger partial charge in [-0.1, -0.05) is 24.6 Å². The Labute approximate surface area is 133 Å². The van der Waals surface area contributed by atoms with Crippen LogP contribution < -0.4 is 15.8 Å². The van der Waals surface area contributed by atoms with Gasteiger partial charge in [0.1, 0.15) is 5.56 Å². The van der Waals surface area contributed by atoms with Crippen LogP contribution in [0.15, 0.2) is 23.8 Å². The fraction of sp³-hybridized carbons (Fsp3) is 0.438. The first kappa shape index (κ1) is 19.0. The molecule has 1 amide bonds. The van der Waals surface area contributed by atoms with E-state index < -0.39 is 11.7 Å². The van der Waals surface area contributed by atoms with Crippen molar-refractivity contribution < 1.29 is 22.7 Å². The van der Waals surface area contributed by atoms with Gasteiger partial charge in [-0.15, -0.1) is 0 Å². The van der Waals surface area contributed by atoms with Crippen LogP contribution in [0.1, 0.15) is 31.4 Å². The maximum atomic E-state index is 13.5. The molecule has 128 valence electrons. The number of benzene rings is 1. The number of allylic oxidation sites excluding steroid dienone is 1. The third-order valence-electron chi connectivity index (χ3n) is 3.26. The molecule has 0 saturated heterocycles. The molecule has 0 aliphatic rings. The summed E-state index contributed by atoms with van der Waals surface area (Å²) in [7, 11) is 1.15. The van der Waals surface area contributed by atoms with E-state index in [-0.39, 0.29) is 42.3 Å². The van der Waals surface area contributed by atoms with Crippen molar-refractivity contribution in [3.05, 3.63) is 34.9 Å². The van der Waals surface area contributed by atoms with Crippen LogP contribution in [0.25, 0.3) is 0 Å². The second kappa shape index (κ2) is 8.01. The number of methoxy groups -OCH3 is 1. The van der Waals surface area contributed by atoms with Crippen LogP contribution in [-0.2, 0) is 17.4 Å². The van der Waals surface area contributed by atoms with Gasteiger partial charge in [-0.25, -0.2) is 0 Å². The number of nitrogens with two attached hydrogens (primary N) is 1. The summed E-state index contributed by atoms with van der Waals surface area (Å²) >= 11 is 0. The third-order valence-corrected chi connectivity index (χ3v) is 3.26. The Balaban J connectivity index is 3.43. The molecule has 0 atom stereocenters. The molecule has 0 saturated carbocycles. The number of hydrogen-bond acceptors (Lipinski definition) is 3. The van der Waals surface area contributed by atoms with E-state index in [1.54, 1.807) is 19.9 Å². The van der Waals surface area contributed by atoms with Gasteiger partial charge in [-0.05, 0) is 25.0 Å². The fourth-order valence-corrected chi connectivity index (χ4v) is 2.20. The van der Waals surface area contributed by atoms with E-state index in [0.29, 0.717) is 0 Å². The topological polar surface area (TPSA) is 64.4 Å². The third kappa shape index (κ3) is 4.99. The van der Waals surface area contributed by atoms with E-state index in [2.05, 4.69) is 5.32 Å². The Morgan fingerprint density at radius 3 is 2.52 bits per heavy atom. The number of carbonyl (C=O) groups is 1. The number of ether oxygens (including phenoxy) is 1. The molecule has 7 heteroatoms. The SMILES string of the molecule is CCC(=O)Nc1ccc(C/C(C)=C/CN)c(C(F)(F)F)c1OC. The van der Waals surface area contributed by atoms with Crippen molar-refractivity contribution in [2.75, 3.05) is 19.0 Å². The molecule has 0 unspecified atom stereocenters. The number of anilines is 1. The number of alkyl halides is 3. The molecule has 1 aromatic carbocycles. The van der Waals surface area contributed by atoms with E-state index in [1.807, 2.05) is 0 Å². The first-order valence-corrected chi connectivity index (χ1v) is 7.17. The maximum absolute atomic E-state index is 13.5. The van der Waals surface area contributed by atoms with Crippen molar-refractivity contribution in [2.24, 2.45) is 5.73 Å². The summed E-state index contributed by atoms with van der Waals surface area (Å²) in [5.74, 6) is -0.763. The standard InChI is InChI=1S/C16H21F3N2O2/c1-4-13(22)21-12-6-5-11(9-10(2)7-8-20)14(15(12)23-3)16(17,18)19/h5-7H,4,8-9,20H2,1-3H3,(H,21,22)/b10-7+. The predicted octanol–water partition coefficient (Wildman–Crippen LogP) is 3.51. The Kier molecular flexibility index (Phi) is 6.62. The summed E-state index contributed by atoms with van der Waals surface area (Å²) in [6, 6.07) is 2.77. The Morgan fingerprint density at radius 2 is 2.04 bits per heavy atom. The van der Waals surface area contributed by atoms with Gasteiger partial charge in [0.25, 0.3) is 0 Å². The number of halogens is 3. The van der Waals surface area contributed by atoms with Gasteiger partial charge >= 0.3 is 6.18 Å². The summed E-state index contributed by atoms with van der Waals surface area (Å²) in [5.41, 5.74) is 5.32. The zero-order valence-electron chi connectivity index (χ0n) is 13.4. The van der Waals surface area contributed by atoms with Crippen molar-refractivity contribution in [3.63, 3.8) is 0 Å².